The summed E-state index contributed by atoms with van der Waals surface area (Å²) in [7, 11) is 3.31. The van der Waals surface area contributed by atoms with Gasteiger partial charge in [0, 0.05) is 28.3 Å². The number of anilines is 1. The van der Waals surface area contributed by atoms with E-state index < -0.39 is 0 Å². The van der Waals surface area contributed by atoms with Gasteiger partial charge in [-0.3, -0.25) is 0 Å². The molecular weight excluding hydrogens is 306 g/mol. The van der Waals surface area contributed by atoms with Gasteiger partial charge in [-0.25, -0.2) is 0 Å². The number of halogens is 1. The van der Waals surface area contributed by atoms with Gasteiger partial charge in [0.1, 0.15) is 11.5 Å². The Labute approximate surface area is 121 Å². The highest BCUT2D eigenvalue weighted by Gasteiger charge is 2.05. The number of rotatable bonds is 5. The minimum atomic E-state index is 0.690. The van der Waals surface area contributed by atoms with Crippen LogP contribution in [0.3, 0.4) is 0 Å². The van der Waals surface area contributed by atoms with Gasteiger partial charge in [0.15, 0.2) is 0 Å². The zero-order chi connectivity index (χ0) is 13.7. The molecular formula is C15H16BrNO2. The van der Waals surface area contributed by atoms with Crippen molar-refractivity contribution in [3.05, 3.63) is 52.5 Å². The first-order valence-electron chi connectivity index (χ1n) is 5.94. The number of hydrogen-bond acceptors (Lipinski definition) is 3. The average molecular weight is 322 g/mol. The van der Waals surface area contributed by atoms with E-state index in [0.717, 1.165) is 27.2 Å². The Kier molecular flexibility index (Phi) is 4.68. The van der Waals surface area contributed by atoms with Crippen LogP contribution in [0.15, 0.2) is 46.9 Å². The first-order valence-corrected chi connectivity index (χ1v) is 6.73. The lowest BCUT2D eigenvalue weighted by Gasteiger charge is -2.12. The first kappa shape index (κ1) is 13.7. The second kappa shape index (κ2) is 6.48. The van der Waals surface area contributed by atoms with E-state index in [4.69, 9.17) is 9.47 Å². The van der Waals surface area contributed by atoms with Gasteiger partial charge in [-0.2, -0.15) is 0 Å². The maximum absolute atomic E-state index is 5.37. The van der Waals surface area contributed by atoms with E-state index in [0.29, 0.717) is 6.54 Å². The Morgan fingerprint density at radius 2 is 1.84 bits per heavy atom. The largest absolute Gasteiger partial charge is 0.497 e. The summed E-state index contributed by atoms with van der Waals surface area (Å²) in [6.45, 7) is 0.690. The molecule has 100 valence electrons. The third-order valence-corrected chi connectivity index (χ3v) is 3.53. The molecule has 0 saturated heterocycles. The molecule has 0 aliphatic heterocycles. The Bertz CT molecular complexity index is 558. The van der Waals surface area contributed by atoms with Crippen molar-refractivity contribution in [1.29, 1.82) is 0 Å². The molecule has 0 saturated carbocycles. The molecule has 0 atom stereocenters. The summed E-state index contributed by atoms with van der Waals surface area (Å²) in [5.41, 5.74) is 2.14. The highest BCUT2D eigenvalue weighted by molar-refractivity contribution is 9.10. The molecule has 2 aromatic carbocycles. The standard InChI is InChI=1S/C15H16BrNO2/c1-18-12-8-7-11(15(9-12)19-2)10-17-14-6-4-3-5-13(14)16/h3-9,17H,10H2,1-2H3. The first-order chi connectivity index (χ1) is 9.24. The summed E-state index contributed by atoms with van der Waals surface area (Å²) in [6, 6.07) is 13.8. The monoisotopic (exact) mass is 321 g/mol. The molecule has 0 spiro atoms. The van der Waals surface area contributed by atoms with Crippen LogP contribution in [-0.2, 0) is 6.54 Å². The minimum Gasteiger partial charge on any atom is -0.497 e. The quantitative estimate of drug-likeness (QED) is 0.900. The van der Waals surface area contributed by atoms with Gasteiger partial charge in [0.2, 0.25) is 0 Å². The molecule has 0 bridgehead atoms. The van der Waals surface area contributed by atoms with Gasteiger partial charge < -0.3 is 14.8 Å². The van der Waals surface area contributed by atoms with Crippen LogP contribution < -0.4 is 14.8 Å². The van der Waals surface area contributed by atoms with E-state index >= 15 is 0 Å². The summed E-state index contributed by atoms with van der Waals surface area (Å²) < 4.78 is 11.6. The normalized spacial score (nSPS) is 10.1. The zero-order valence-corrected chi connectivity index (χ0v) is 12.5. The Morgan fingerprint density at radius 1 is 1.05 bits per heavy atom. The Balaban J connectivity index is 2.13. The molecule has 1 N–H and O–H groups in total. The third kappa shape index (κ3) is 3.41. The molecule has 19 heavy (non-hydrogen) atoms. The summed E-state index contributed by atoms with van der Waals surface area (Å²) in [5.74, 6) is 1.61. The predicted octanol–water partition coefficient (Wildman–Crippen LogP) is 4.08. The van der Waals surface area contributed by atoms with Crippen molar-refractivity contribution in [3.8, 4) is 11.5 Å². The van der Waals surface area contributed by atoms with Crippen LogP contribution in [-0.4, -0.2) is 14.2 Å². The van der Waals surface area contributed by atoms with Crippen molar-refractivity contribution >= 4 is 21.6 Å². The van der Waals surface area contributed by atoms with Gasteiger partial charge in [0.05, 0.1) is 14.2 Å². The van der Waals surface area contributed by atoms with E-state index in [-0.39, 0.29) is 0 Å². The third-order valence-electron chi connectivity index (χ3n) is 2.84. The van der Waals surface area contributed by atoms with Crippen LogP contribution in [0.1, 0.15) is 5.56 Å². The summed E-state index contributed by atoms with van der Waals surface area (Å²) in [5, 5.41) is 3.37. The molecule has 2 rings (SSSR count). The maximum atomic E-state index is 5.37. The number of hydrogen-bond donors (Lipinski definition) is 1. The number of ether oxygens (including phenoxy) is 2. The van der Waals surface area contributed by atoms with Crippen LogP contribution in [0.2, 0.25) is 0 Å². The molecule has 3 nitrogen and oxygen atoms in total. The van der Waals surface area contributed by atoms with Crippen molar-refractivity contribution in [2.45, 2.75) is 6.54 Å². The van der Waals surface area contributed by atoms with Gasteiger partial charge in [-0.1, -0.05) is 12.1 Å². The number of nitrogens with one attached hydrogen (secondary N) is 1. The van der Waals surface area contributed by atoms with Crippen molar-refractivity contribution in [3.63, 3.8) is 0 Å². The highest BCUT2D eigenvalue weighted by atomic mass is 79.9. The van der Waals surface area contributed by atoms with Gasteiger partial charge >= 0.3 is 0 Å². The molecule has 0 unspecified atom stereocenters. The molecule has 0 heterocycles. The molecule has 0 aliphatic rings. The van der Waals surface area contributed by atoms with E-state index in [9.17, 15) is 0 Å². The van der Waals surface area contributed by atoms with Gasteiger partial charge in [-0.15, -0.1) is 0 Å². The Morgan fingerprint density at radius 3 is 2.53 bits per heavy atom. The lowest BCUT2D eigenvalue weighted by Crippen LogP contribution is -2.02. The zero-order valence-electron chi connectivity index (χ0n) is 10.9. The van der Waals surface area contributed by atoms with Crippen LogP contribution in [0, 0.1) is 0 Å². The Hall–Kier alpha value is -1.68. The smallest absolute Gasteiger partial charge is 0.127 e. The summed E-state index contributed by atoms with van der Waals surface area (Å²) in [6.07, 6.45) is 0. The minimum absolute atomic E-state index is 0.690. The second-order valence-electron chi connectivity index (χ2n) is 4.01. The predicted molar refractivity (Wildman–Crippen MR) is 81.0 cm³/mol. The fourth-order valence-electron chi connectivity index (χ4n) is 1.79. The SMILES string of the molecule is COc1ccc(CNc2ccccc2Br)c(OC)c1. The van der Waals surface area contributed by atoms with Crippen molar-refractivity contribution < 1.29 is 9.47 Å². The molecule has 2 aromatic rings. The van der Waals surface area contributed by atoms with Crippen LogP contribution in [0.25, 0.3) is 0 Å². The van der Waals surface area contributed by atoms with Crippen LogP contribution in [0.4, 0.5) is 5.69 Å². The van der Waals surface area contributed by atoms with Crippen LogP contribution in [0.5, 0.6) is 11.5 Å². The number of methoxy groups -OCH3 is 2. The molecule has 0 fully saturated rings. The second-order valence-corrected chi connectivity index (χ2v) is 4.87. The summed E-state index contributed by atoms with van der Waals surface area (Å²) >= 11 is 3.51. The van der Waals surface area contributed by atoms with E-state index in [2.05, 4.69) is 21.2 Å². The van der Waals surface area contributed by atoms with Gasteiger partial charge in [0.25, 0.3) is 0 Å². The molecule has 4 heteroatoms. The van der Waals surface area contributed by atoms with E-state index in [1.165, 1.54) is 0 Å². The van der Waals surface area contributed by atoms with Gasteiger partial charge in [-0.05, 0) is 40.2 Å². The highest BCUT2D eigenvalue weighted by Crippen LogP contribution is 2.27. The average Bonchev–Trinajstić information content (AvgIpc) is 2.46. The molecule has 0 radical (unpaired) electrons. The van der Waals surface area contributed by atoms with Crippen molar-refractivity contribution in [1.82, 2.24) is 0 Å². The molecule has 0 amide bonds. The van der Waals surface area contributed by atoms with Crippen LogP contribution >= 0.6 is 15.9 Å². The maximum Gasteiger partial charge on any atom is 0.127 e. The van der Waals surface area contributed by atoms with E-state index in [1.54, 1.807) is 14.2 Å². The lowest BCUT2D eigenvalue weighted by atomic mass is 10.2. The number of para-hydroxylation sites is 1. The lowest BCUT2D eigenvalue weighted by molar-refractivity contribution is 0.391. The fourth-order valence-corrected chi connectivity index (χ4v) is 2.22. The topological polar surface area (TPSA) is 30.5 Å². The molecule has 0 aromatic heterocycles. The van der Waals surface area contributed by atoms with Crippen molar-refractivity contribution in [2.75, 3.05) is 19.5 Å². The summed E-state index contributed by atoms with van der Waals surface area (Å²) in [4.78, 5) is 0. The fraction of sp³-hybridized carbons (Fsp3) is 0.200. The molecule has 0 aliphatic carbocycles. The van der Waals surface area contributed by atoms with E-state index in [1.807, 2.05) is 42.5 Å². The number of benzene rings is 2. The van der Waals surface area contributed by atoms with Crippen molar-refractivity contribution in [2.24, 2.45) is 0 Å².